The largest absolute Gasteiger partial charge is 0.494 e. The summed E-state index contributed by atoms with van der Waals surface area (Å²) in [6.45, 7) is 2.77. The van der Waals surface area contributed by atoms with Gasteiger partial charge in [0, 0.05) is 24.7 Å². The second kappa shape index (κ2) is 5.05. The smallest absolute Gasteiger partial charge is 0.201 e. The van der Waals surface area contributed by atoms with Crippen LogP contribution in [0.5, 0.6) is 5.75 Å². The van der Waals surface area contributed by atoms with Crippen molar-refractivity contribution in [2.45, 2.75) is 19.5 Å². The molecule has 2 N–H and O–H groups in total. The number of fused-ring (bicyclic) bond motifs is 1. The number of likely N-dealkylation sites (N-methyl/N-ethyl adjacent to an activating group) is 1. The van der Waals surface area contributed by atoms with E-state index in [1.54, 1.807) is 6.07 Å². The molecular formula is C13H19FN4O. The summed E-state index contributed by atoms with van der Waals surface area (Å²) in [6, 6.07) is 3.27. The zero-order valence-electron chi connectivity index (χ0n) is 11.6. The number of rotatable bonds is 4. The van der Waals surface area contributed by atoms with E-state index in [1.807, 2.05) is 18.7 Å². The number of hydrogen-bond acceptors (Lipinski definition) is 4. The van der Waals surface area contributed by atoms with Crippen molar-refractivity contribution in [2.75, 3.05) is 26.9 Å². The Morgan fingerprint density at radius 3 is 2.74 bits per heavy atom. The molecule has 0 fully saturated rings. The minimum atomic E-state index is -0.430. The summed E-state index contributed by atoms with van der Waals surface area (Å²) in [5.74, 6) is 0.155. The standard InChI is InChI=1S/C13H19FN4O/c1-8(17(2)3)7-18-11-6-12(19-4)9(14)5-10(11)16-13(18)15/h5-6,8H,7H2,1-4H3,(H2,15,16). The highest BCUT2D eigenvalue weighted by Gasteiger charge is 2.15. The number of aromatic nitrogens is 2. The Hall–Kier alpha value is -1.82. The summed E-state index contributed by atoms with van der Waals surface area (Å²) in [5, 5.41) is 0. The molecule has 2 rings (SSSR count). The summed E-state index contributed by atoms with van der Waals surface area (Å²) in [5.41, 5.74) is 7.24. The topological polar surface area (TPSA) is 56.3 Å². The average Bonchev–Trinajstić information content (AvgIpc) is 2.64. The molecule has 0 saturated heterocycles. The molecular weight excluding hydrogens is 247 g/mol. The van der Waals surface area contributed by atoms with E-state index in [-0.39, 0.29) is 11.8 Å². The van der Waals surface area contributed by atoms with Gasteiger partial charge in [-0.2, -0.15) is 0 Å². The normalized spacial score (nSPS) is 13.2. The third-order valence-electron chi connectivity index (χ3n) is 3.38. The Morgan fingerprint density at radius 2 is 2.16 bits per heavy atom. The van der Waals surface area contributed by atoms with Gasteiger partial charge in [-0.05, 0) is 21.0 Å². The van der Waals surface area contributed by atoms with Crippen molar-refractivity contribution >= 4 is 17.0 Å². The number of halogens is 1. The van der Waals surface area contributed by atoms with E-state index in [0.29, 0.717) is 18.0 Å². The van der Waals surface area contributed by atoms with Crippen molar-refractivity contribution < 1.29 is 9.13 Å². The summed E-state index contributed by atoms with van der Waals surface area (Å²) in [4.78, 5) is 6.28. The monoisotopic (exact) mass is 266 g/mol. The van der Waals surface area contributed by atoms with Crippen molar-refractivity contribution in [3.63, 3.8) is 0 Å². The van der Waals surface area contributed by atoms with Crippen LogP contribution >= 0.6 is 0 Å². The number of imidazole rings is 1. The lowest BCUT2D eigenvalue weighted by Crippen LogP contribution is -2.29. The Morgan fingerprint density at radius 1 is 1.47 bits per heavy atom. The van der Waals surface area contributed by atoms with Crippen molar-refractivity contribution in [1.29, 1.82) is 0 Å². The average molecular weight is 266 g/mol. The zero-order valence-corrected chi connectivity index (χ0v) is 11.6. The molecule has 0 aliphatic rings. The van der Waals surface area contributed by atoms with Crippen LogP contribution in [0.2, 0.25) is 0 Å². The molecule has 0 bridgehead atoms. The fourth-order valence-corrected chi connectivity index (χ4v) is 1.92. The summed E-state index contributed by atoms with van der Waals surface area (Å²) in [6.07, 6.45) is 0. The Balaban J connectivity index is 2.51. The molecule has 1 aromatic heterocycles. The number of methoxy groups -OCH3 is 1. The molecule has 2 aromatic rings. The van der Waals surface area contributed by atoms with Crippen LogP contribution in [0.25, 0.3) is 11.0 Å². The maximum Gasteiger partial charge on any atom is 0.201 e. The molecule has 1 aromatic carbocycles. The molecule has 0 saturated carbocycles. The van der Waals surface area contributed by atoms with Crippen molar-refractivity contribution in [2.24, 2.45) is 0 Å². The molecule has 1 heterocycles. The van der Waals surface area contributed by atoms with Crippen LogP contribution in [0.4, 0.5) is 10.3 Å². The number of anilines is 1. The van der Waals surface area contributed by atoms with Gasteiger partial charge in [-0.25, -0.2) is 9.37 Å². The van der Waals surface area contributed by atoms with Gasteiger partial charge in [0.25, 0.3) is 0 Å². The van der Waals surface area contributed by atoms with Gasteiger partial charge >= 0.3 is 0 Å². The predicted molar refractivity (Wildman–Crippen MR) is 73.8 cm³/mol. The van der Waals surface area contributed by atoms with E-state index < -0.39 is 5.82 Å². The van der Waals surface area contributed by atoms with Gasteiger partial charge in [0.1, 0.15) is 0 Å². The molecule has 0 amide bonds. The van der Waals surface area contributed by atoms with Gasteiger partial charge in [-0.15, -0.1) is 0 Å². The van der Waals surface area contributed by atoms with Gasteiger partial charge in [0.2, 0.25) is 5.95 Å². The van der Waals surface area contributed by atoms with Gasteiger partial charge < -0.3 is 19.9 Å². The maximum absolute atomic E-state index is 13.6. The van der Waals surface area contributed by atoms with E-state index in [0.717, 1.165) is 5.52 Å². The first kappa shape index (κ1) is 13.6. The summed E-state index contributed by atoms with van der Waals surface area (Å²) in [7, 11) is 5.44. The molecule has 104 valence electrons. The second-order valence-electron chi connectivity index (χ2n) is 4.87. The Labute approximate surface area is 111 Å². The minimum absolute atomic E-state index is 0.200. The molecule has 1 unspecified atom stereocenters. The lowest BCUT2D eigenvalue weighted by Gasteiger charge is -2.21. The molecule has 0 aliphatic carbocycles. The number of nitrogens with two attached hydrogens (primary N) is 1. The summed E-state index contributed by atoms with van der Waals surface area (Å²) >= 11 is 0. The van der Waals surface area contributed by atoms with Crippen molar-refractivity contribution in [3.8, 4) is 5.75 Å². The highest BCUT2D eigenvalue weighted by Crippen LogP contribution is 2.26. The van der Waals surface area contributed by atoms with Gasteiger partial charge in [-0.3, -0.25) is 0 Å². The zero-order chi connectivity index (χ0) is 14.2. The lowest BCUT2D eigenvalue weighted by atomic mass is 10.2. The van der Waals surface area contributed by atoms with Crippen molar-refractivity contribution in [1.82, 2.24) is 14.5 Å². The van der Waals surface area contributed by atoms with Crippen LogP contribution in [0.15, 0.2) is 12.1 Å². The van der Waals surface area contributed by atoms with Crippen LogP contribution in [0.3, 0.4) is 0 Å². The first-order valence-electron chi connectivity index (χ1n) is 6.09. The molecule has 0 spiro atoms. The van der Waals surface area contributed by atoms with Crippen LogP contribution < -0.4 is 10.5 Å². The van der Waals surface area contributed by atoms with Crippen LogP contribution in [0.1, 0.15) is 6.92 Å². The van der Waals surface area contributed by atoms with E-state index in [2.05, 4.69) is 16.8 Å². The third-order valence-corrected chi connectivity index (χ3v) is 3.38. The van der Waals surface area contributed by atoms with E-state index in [1.165, 1.54) is 13.2 Å². The Bertz CT molecular complexity index is 594. The molecule has 0 aliphatic heterocycles. The number of nitrogens with zero attached hydrogens (tertiary/aromatic N) is 3. The first-order valence-corrected chi connectivity index (χ1v) is 6.09. The van der Waals surface area contributed by atoms with Crippen molar-refractivity contribution in [3.05, 3.63) is 17.9 Å². The van der Waals surface area contributed by atoms with E-state index in [9.17, 15) is 4.39 Å². The van der Waals surface area contributed by atoms with E-state index >= 15 is 0 Å². The SMILES string of the molecule is COc1cc2c(cc1F)nc(N)n2CC(C)N(C)C. The van der Waals surface area contributed by atoms with E-state index in [4.69, 9.17) is 10.5 Å². The number of benzene rings is 1. The number of nitrogen functional groups attached to an aromatic ring is 1. The molecule has 0 radical (unpaired) electrons. The minimum Gasteiger partial charge on any atom is -0.494 e. The highest BCUT2D eigenvalue weighted by molar-refractivity contribution is 5.80. The number of ether oxygens (including phenoxy) is 1. The van der Waals surface area contributed by atoms with Gasteiger partial charge in [-0.1, -0.05) is 0 Å². The first-order chi connectivity index (χ1) is 8.93. The fourth-order valence-electron chi connectivity index (χ4n) is 1.92. The van der Waals surface area contributed by atoms with Crippen LogP contribution in [-0.2, 0) is 6.54 Å². The lowest BCUT2D eigenvalue weighted by molar-refractivity contribution is 0.287. The Kier molecular flexibility index (Phi) is 3.61. The molecule has 6 heteroatoms. The predicted octanol–water partition coefficient (Wildman–Crippen LogP) is 1.72. The molecule has 5 nitrogen and oxygen atoms in total. The van der Waals surface area contributed by atoms with Crippen LogP contribution in [-0.4, -0.2) is 41.7 Å². The quantitative estimate of drug-likeness (QED) is 0.915. The molecule has 1 atom stereocenters. The molecule has 19 heavy (non-hydrogen) atoms. The fraction of sp³-hybridized carbons (Fsp3) is 0.462. The van der Waals surface area contributed by atoms with Crippen LogP contribution in [0, 0.1) is 5.82 Å². The highest BCUT2D eigenvalue weighted by atomic mass is 19.1. The van der Waals surface area contributed by atoms with Gasteiger partial charge in [0.15, 0.2) is 11.6 Å². The van der Waals surface area contributed by atoms with Gasteiger partial charge in [0.05, 0.1) is 18.1 Å². The number of hydrogen-bond donors (Lipinski definition) is 1. The third kappa shape index (κ3) is 2.49. The summed E-state index contributed by atoms with van der Waals surface area (Å²) < 4.78 is 20.5. The second-order valence-corrected chi connectivity index (χ2v) is 4.87. The maximum atomic E-state index is 13.6.